The second-order valence-electron chi connectivity index (χ2n) is 4.36. The molecule has 0 saturated heterocycles. The summed E-state index contributed by atoms with van der Waals surface area (Å²) in [6.45, 7) is 0. The summed E-state index contributed by atoms with van der Waals surface area (Å²) in [5.41, 5.74) is 1.26. The standard InChI is InChI=1S/2C8H6O3/c9-7-5-3-1-2-4-6(5)8(10)11-7;9-5-6-3-1-2-4-7(6)8(10)11/h1-4,7,9H;1-5H,(H,10,11). The minimum Gasteiger partial charge on any atom is -0.478 e. The third-order valence-electron chi connectivity index (χ3n) is 2.98. The average Bonchev–Trinajstić information content (AvgIpc) is 2.83. The van der Waals surface area contributed by atoms with Crippen molar-refractivity contribution in [2.24, 2.45) is 0 Å². The van der Waals surface area contributed by atoms with Crippen LogP contribution >= 0.6 is 0 Å². The number of carbonyl (C=O) groups excluding carboxylic acids is 2. The highest BCUT2D eigenvalue weighted by molar-refractivity contribution is 5.97. The van der Waals surface area contributed by atoms with Crippen LogP contribution in [0.25, 0.3) is 0 Å². The first-order chi connectivity index (χ1) is 10.5. The third kappa shape index (κ3) is 3.18. The minimum atomic E-state index is -1.08. The van der Waals surface area contributed by atoms with Gasteiger partial charge in [-0.1, -0.05) is 36.4 Å². The van der Waals surface area contributed by atoms with Crippen LogP contribution in [0, 0.1) is 0 Å². The predicted octanol–water partition coefficient (Wildman–Crippen LogP) is 2.05. The lowest BCUT2D eigenvalue weighted by Crippen LogP contribution is -2.00. The second-order valence-corrected chi connectivity index (χ2v) is 4.36. The van der Waals surface area contributed by atoms with Gasteiger partial charge >= 0.3 is 11.9 Å². The normalized spacial score (nSPS) is 15.1. The van der Waals surface area contributed by atoms with Crippen molar-refractivity contribution in [3.8, 4) is 0 Å². The van der Waals surface area contributed by atoms with Crippen LogP contribution < -0.4 is 0 Å². The Morgan fingerprint density at radius 3 is 2.32 bits per heavy atom. The Bertz CT molecular complexity index is 722. The van der Waals surface area contributed by atoms with Crippen LogP contribution in [0.4, 0.5) is 0 Å². The van der Waals surface area contributed by atoms with E-state index in [9.17, 15) is 14.4 Å². The quantitative estimate of drug-likeness (QED) is 0.650. The number of hydrogen-bond donors (Lipinski definition) is 2. The molecule has 3 rings (SSSR count). The maximum Gasteiger partial charge on any atom is 0.341 e. The Balaban J connectivity index is 0.000000160. The summed E-state index contributed by atoms with van der Waals surface area (Å²) >= 11 is 0. The molecule has 112 valence electrons. The van der Waals surface area contributed by atoms with Crippen molar-refractivity contribution < 1.29 is 29.3 Å². The molecule has 0 aliphatic carbocycles. The highest BCUT2D eigenvalue weighted by Gasteiger charge is 2.28. The molecule has 2 N–H and O–H groups in total. The maximum absolute atomic E-state index is 10.9. The zero-order valence-corrected chi connectivity index (χ0v) is 11.3. The summed E-state index contributed by atoms with van der Waals surface area (Å²) in [4.78, 5) is 31.6. The van der Waals surface area contributed by atoms with E-state index in [1.807, 2.05) is 0 Å². The number of aromatic carboxylic acids is 1. The van der Waals surface area contributed by atoms with E-state index in [-0.39, 0.29) is 11.1 Å². The monoisotopic (exact) mass is 300 g/mol. The Morgan fingerprint density at radius 2 is 1.73 bits per heavy atom. The van der Waals surface area contributed by atoms with E-state index in [0.717, 1.165) is 0 Å². The van der Waals surface area contributed by atoms with Crippen LogP contribution in [0.3, 0.4) is 0 Å². The molecule has 1 aliphatic heterocycles. The predicted molar refractivity (Wildman–Crippen MR) is 75.6 cm³/mol. The SMILES string of the molecule is O=C1OC(O)c2ccccc21.O=Cc1ccccc1C(=O)O. The smallest absolute Gasteiger partial charge is 0.341 e. The Labute approximate surface area is 125 Å². The summed E-state index contributed by atoms with van der Waals surface area (Å²) in [6, 6.07) is 12.9. The van der Waals surface area contributed by atoms with Gasteiger partial charge in [-0.3, -0.25) is 4.79 Å². The molecule has 6 nitrogen and oxygen atoms in total. The first kappa shape index (κ1) is 15.4. The van der Waals surface area contributed by atoms with Crippen LogP contribution in [0.2, 0.25) is 0 Å². The van der Waals surface area contributed by atoms with Gasteiger partial charge in [-0.05, 0) is 12.1 Å². The van der Waals surface area contributed by atoms with Crippen LogP contribution in [0.15, 0.2) is 48.5 Å². The lowest BCUT2D eigenvalue weighted by molar-refractivity contribution is -0.0547. The van der Waals surface area contributed by atoms with E-state index in [1.54, 1.807) is 36.4 Å². The molecule has 0 amide bonds. The summed E-state index contributed by atoms with van der Waals surface area (Å²) in [5, 5.41) is 17.6. The molecule has 1 unspecified atom stereocenters. The van der Waals surface area contributed by atoms with Gasteiger partial charge < -0.3 is 14.9 Å². The number of carboxylic acids is 1. The molecule has 0 saturated carbocycles. The molecule has 0 spiro atoms. The first-order valence-electron chi connectivity index (χ1n) is 6.30. The average molecular weight is 300 g/mol. The number of aliphatic hydroxyl groups is 1. The number of rotatable bonds is 2. The molecular formula is C16H12O6. The molecule has 0 radical (unpaired) electrons. The first-order valence-corrected chi connectivity index (χ1v) is 6.30. The van der Waals surface area contributed by atoms with Crippen molar-refractivity contribution in [3.63, 3.8) is 0 Å². The Kier molecular flexibility index (Phi) is 4.65. The van der Waals surface area contributed by atoms with E-state index in [0.29, 0.717) is 17.4 Å². The zero-order valence-electron chi connectivity index (χ0n) is 11.3. The number of fused-ring (bicyclic) bond motifs is 1. The van der Waals surface area contributed by atoms with Gasteiger partial charge in [-0.15, -0.1) is 0 Å². The molecule has 22 heavy (non-hydrogen) atoms. The van der Waals surface area contributed by atoms with E-state index >= 15 is 0 Å². The molecule has 0 fully saturated rings. The van der Waals surface area contributed by atoms with Gasteiger partial charge in [-0.2, -0.15) is 0 Å². The van der Waals surface area contributed by atoms with Gasteiger partial charge in [0.15, 0.2) is 6.29 Å². The number of ether oxygens (including phenoxy) is 1. The summed E-state index contributed by atoms with van der Waals surface area (Å²) in [7, 11) is 0. The fourth-order valence-corrected chi connectivity index (χ4v) is 1.92. The second kappa shape index (κ2) is 6.64. The van der Waals surface area contributed by atoms with Gasteiger partial charge in [0.05, 0.1) is 11.1 Å². The van der Waals surface area contributed by atoms with E-state index in [4.69, 9.17) is 10.2 Å². The Hall–Kier alpha value is -2.99. The van der Waals surface area contributed by atoms with Crippen LogP contribution in [-0.4, -0.2) is 28.4 Å². The molecule has 0 aromatic heterocycles. The molecule has 2 aromatic carbocycles. The van der Waals surface area contributed by atoms with Crippen molar-refractivity contribution in [1.82, 2.24) is 0 Å². The molecule has 0 bridgehead atoms. The number of carbonyl (C=O) groups is 3. The van der Waals surface area contributed by atoms with Gasteiger partial charge in [0.2, 0.25) is 6.29 Å². The van der Waals surface area contributed by atoms with Gasteiger partial charge in [0.1, 0.15) is 0 Å². The van der Waals surface area contributed by atoms with E-state index < -0.39 is 18.2 Å². The number of carboxylic acid groups (broad SMARTS) is 1. The van der Waals surface area contributed by atoms with Gasteiger partial charge in [0, 0.05) is 11.1 Å². The maximum atomic E-state index is 10.9. The van der Waals surface area contributed by atoms with Crippen molar-refractivity contribution in [2.45, 2.75) is 6.29 Å². The molecule has 1 aliphatic rings. The molecular weight excluding hydrogens is 288 g/mol. The highest BCUT2D eigenvalue weighted by atomic mass is 16.6. The lowest BCUT2D eigenvalue weighted by atomic mass is 10.1. The minimum absolute atomic E-state index is 0.0440. The highest BCUT2D eigenvalue weighted by Crippen LogP contribution is 2.27. The summed E-state index contributed by atoms with van der Waals surface area (Å²) in [6.07, 6.45) is -0.539. The Morgan fingerprint density at radius 1 is 1.09 bits per heavy atom. The van der Waals surface area contributed by atoms with Gasteiger partial charge in [0.25, 0.3) is 0 Å². The fraction of sp³-hybridized carbons (Fsp3) is 0.0625. The largest absolute Gasteiger partial charge is 0.478 e. The number of cyclic esters (lactones) is 1. The van der Waals surface area contributed by atoms with Crippen LogP contribution in [0.1, 0.15) is 42.9 Å². The van der Waals surface area contributed by atoms with Crippen LogP contribution in [-0.2, 0) is 4.74 Å². The number of aliphatic hydroxyl groups excluding tert-OH is 1. The number of hydrogen-bond acceptors (Lipinski definition) is 5. The number of aldehydes is 1. The molecule has 2 aromatic rings. The fourth-order valence-electron chi connectivity index (χ4n) is 1.92. The third-order valence-corrected chi connectivity index (χ3v) is 2.98. The summed E-state index contributed by atoms with van der Waals surface area (Å²) < 4.78 is 4.55. The van der Waals surface area contributed by atoms with Crippen LogP contribution in [0.5, 0.6) is 0 Å². The number of benzene rings is 2. The van der Waals surface area contributed by atoms with Crippen molar-refractivity contribution in [2.75, 3.05) is 0 Å². The zero-order chi connectivity index (χ0) is 16.1. The van der Waals surface area contributed by atoms with E-state index in [2.05, 4.69) is 4.74 Å². The number of esters is 1. The van der Waals surface area contributed by atoms with Crippen molar-refractivity contribution >= 4 is 18.2 Å². The van der Waals surface area contributed by atoms with Gasteiger partial charge in [-0.25, -0.2) is 9.59 Å². The molecule has 6 heteroatoms. The molecule has 1 heterocycles. The lowest BCUT2D eigenvalue weighted by Gasteiger charge is -1.98. The molecule has 1 atom stereocenters. The van der Waals surface area contributed by atoms with Crippen molar-refractivity contribution in [3.05, 3.63) is 70.8 Å². The topological polar surface area (TPSA) is 101 Å². The van der Waals surface area contributed by atoms with E-state index in [1.165, 1.54) is 12.1 Å². The van der Waals surface area contributed by atoms with Crippen molar-refractivity contribution in [1.29, 1.82) is 0 Å². The summed E-state index contributed by atoms with van der Waals surface area (Å²) in [5.74, 6) is -1.53.